The first-order chi connectivity index (χ1) is 12.7. The van der Waals surface area contributed by atoms with Crippen molar-refractivity contribution in [1.29, 1.82) is 0 Å². The van der Waals surface area contributed by atoms with Crippen LogP contribution in [0.1, 0.15) is 19.9 Å². The minimum Gasteiger partial charge on any atom is -0.365 e. The Kier molecular flexibility index (Phi) is 4.27. The lowest BCUT2D eigenvalue weighted by molar-refractivity contribution is 0.442. The maximum atomic E-state index is 4.78. The average molecular weight is 345 g/mol. The number of benzene rings is 1. The van der Waals surface area contributed by atoms with Crippen LogP contribution in [0.25, 0.3) is 22.3 Å². The molecule has 3 heterocycles. The summed E-state index contributed by atoms with van der Waals surface area (Å²) in [5, 5.41) is 8.75. The molecule has 0 aliphatic carbocycles. The number of pyridine rings is 1. The number of anilines is 1. The lowest BCUT2D eigenvalue weighted by atomic mass is 10.1. The summed E-state index contributed by atoms with van der Waals surface area (Å²) in [4.78, 5) is 17.6. The summed E-state index contributed by atoms with van der Waals surface area (Å²) < 4.78 is 1.84. The van der Waals surface area contributed by atoms with Crippen LogP contribution in [0.4, 0.5) is 5.82 Å². The Hall–Kier alpha value is -3.35. The smallest absolute Gasteiger partial charge is 0.162 e. The molecule has 1 aromatic carbocycles. The summed E-state index contributed by atoms with van der Waals surface area (Å²) in [5.74, 6) is 1.48. The second-order valence-electron chi connectivity index (χ2n) is 6.20. The number of hydrogen-bond donors (Lipinski definition) is 1. The molecule has 0 fully saturated rings. The molecule has 0 amide bonds. The number of rotatable bonds is 5. The van der Waals surface area contributed by atoms with Gasteiger partial charge in [0.05, 0.1) is 11.6 Å². The molecule has 130 valence electrons. The summed E-state index contributed by atoms with van der Waals surface area (Å²) >= 11 is 0. The lowest BCUT2D eigenvalue weighted by Gasteiger charge is -2.22. The number of para-hydroxylation sites is 1. The zero-order valence-corrected chi connectivity index (χ0v) is 14.6. The highest BCUT2D eigenvalue weighted by Crippen LogP contribution is 2.26. The van der Waals surface area contributed by atoms with Gasteiger partial charge in [0, 0.05) is 29.4 Å². The number of aromatic nitrogens is 6. The van der Waals surface area contributed by atoms with Crippen molar-refractivity contribution in [3.8, 4) is 11.4 Å². The molecule has 7 nitrogen and oxygen atoms in total. The van der Waals surface area contributed by atoms with Gasteiger partial charge in [-0.05, 0) is 38.1 Å². The van der Waals surface area contributed by atoms with Crippen LogP contribution in [0.5, 0.6) is 0 Å². The van der Waals surface area contributed by atoms with E-state index in [1.54, 1.807) is 25.0 Å². The molecule has 3 aromatic heterocycles. The molecule has 0 bridgehead atoms. The van der Waals surface area contributed by atoms with Gasteiger partial charge in [0.15, 0.2) is 5.82 Å². The Balaban J connectivity index is 1.73. The second-order valence-corrected chi connectivity index (χ2v) is 6.20. The van der Waals surface area contributed by atoms with E-state index in [4.69, 9.17) is 9.97 Å². The molecule has 0 aliphatic rings. The van der Waals surface area contributed by atoms with Crippen molar-refractivity contribution in [3.63, 3.8) is 0 Å². The normalized spacial score (nSPS) is 13.5. The van der Waals surface area contributed by atoms with E-state index in [-0.39, 0.29) is 12.1 Å². The molecular weight excluding hydrogens is 326 g/mol. The van der Waals surface area contributed by atoms with Crippen LogP contribution < -0.4 is 5.32 Å². The van der Waals surface area contributed by atoms with Crippen molar-refractivity contribution in [1.82, 2.24) is 29.7 Å². The molecule has 0 spiro atoms. The predicted molar refractivity (Wildman–Crippen MR) is 101 cm³/mol. The van der Waals surface area contributed by atoms with Crippen LogP contribution in [0.3, 0.4) is 0 Å². The Morgan fingerprint density at radius 3 is 2.54 bits per heavy atom. The highest BCUT2D eigenvalue weighted by Gasteiger charge is 2.17. The highest BCUT2D eigenvalue weighted by molar-refractivity contribution is 5.90. The third-order valence-corrected chi connectivity index (χ3v) is 4.48. The van der Waals surface area contributed by atoms with Gasteiger partial charge < -0.3 is 5.32 Å². The summed E-state index contributed by atoms with van der Waals surface area (Å²) in [6, 6.07) is 12.0. The van der Waals surface area contributed by atoms with Crippen molar-refractivity contribution in [2.45, 2.75) is 25.9 Å². The monoisotopic (exact) mass is 345 g/mol. The van der Waals surface area contributed by atoms with Crippen molar-refractivity contribution in [2.24, 2.45) is 0 Å². The van der Waals surface area contributed by atoms with E-state index < -0.39 is 0 Å². The first-order valence-electron chi connectivity index (χ1n) is 8.50. The van der Waals surface area contributed by atoms with Crippen molar-refractivity contribution in [3.05, 3.63) is 61.4 Å². The fourth-order valence-electron chi connectivity index (χ4n) is 2.81. The quantitative estimate of drug-likeness (QED) is 0.597. The molecule has 1 N–H and O–H groups in total. The molecule has 26 heavy (non-hydrogen) atoms. The largest absolute Gasteiger partial charge is 0.365 e. The summed E-state index contributed by atoms with van der Waals surface area (Å²) in [6.45, 7) is 4.20. The molecule has 4 aromatic rings. The van der Waals surface area contributed by atoms with Gasteiger partial charge >= 0.3 is 0 Å². The molecule has 0 unspecified atom stereocenters. The van der Waals surface area contributed by atoms with Crippen molar-refractivity contribution < 1.29 is 0 Å². The van der Waals surface area contributed by atoms with E-state index in [2.05, 4.69) is 34.2 Å². The molecule has 0 aliphatic heterocycles. The summed E-state index contributed by atoms with van der Waals surface area (Å²) in [7, 11) is 0. The maximum absolute atomic E-state index is 4.78. The van der Waals surface area contributed by atoms with E-state index in [0.717, 1.165) is 22.3 Å². The van der Waals surface area contributed by atoms with Crippen LogP contribution in [-0.2, 0) is 0 Å². The Morgan fingerprint density at radius 2 is 1.77 bits per heavy atom. The second kappa shape index (κ2) is 6.87. The van der Waals surface area contributed by atoms with Crippen molar-refractivity contribution in [2.75, 3.05) is 5.32 Å². The fourth-order valence-corrected chi connectivity index (χ4v) is 2.81. The van der Waals surface area contributed by atoms with E-state index >= 15 is 0 Å². The first-order valence-corrected chi connectivity index (χ1v) is 8.50. The SMILES string of the molecule is C[C@H](Nc1nc(-c2ccncc2)nc2ccccc12)[C@@H](C)n1cncn1. The zero-order valence-electron chi connectivity index (χ0n) is 14.6. The summed E-state index contributed by atoms with van der Waals surface area (Å²) in [5.41, 5.74) is 1.84. The fraction of sp³-hybridized carbons (Fsp3) is 0.211. The van der Waals surface area contributed by atoms with E-state index in [1.165, 1.54) is 0 Å². The molecule has 0 saturated carbocycles. The van der Waals surface area contributed by atoms with Crippen LogP contribution in [0.15, 0.2) is 61.4 Å². The average Bonchev–Trinajstić information content (AvgIpc) is 3.22. The van der Waals surface area contributed by atoms with Gasteiger partial charge in [0.1, 0.15) is 18.5 Å². The van der Waals surface area contributed by atoms with E-state index in [9.17, 15) is 0 Å². The standard InChI is InChI=1S/C19H19N7/c1-13(14(2)26-12-21-11-22-26)23-19-16-5-3-4-6-17(16)24-18(25-19)15-7-9-20-10-8-15/h3-14H,1-2H3,(H,23,24,25)/t13-,14+/m0/s1. The molecule has 7 heteroatoms. The number of nitrogens with zero attached hydrogens (tertiary/aromatic N) is 6. The minimum absolute atomic E-state index is 0.0975. The first kappa shape index (κ1) is 16.1. The maximum Gasteiger partial charge on any atom is 0.162 e. The zero-order chi connectivity index (χ0) is 17.9. The van der Waals surface area contributed by atoms with E-state index in [1.807, 2.05) is 41.1 Å². The van der Waals surface area contributed by atoms with Gasteiger partial charge in [-0.25, -0.2) is 19.6 Å². The Labute approximate surface area is 151 Å². The number of fused-ring (bicyclic) bond motifs is 1. The Morgan fingerprint density at radius 1 is 0.962 bits per heavy atom. The van der Waals surface area contributed by atoms with Gasteiger partial charge in [0.25, 0.3) is 0 Å². The molecule has 2 atom stereocenters. The minimum atomic E-state index is 0.0975. The third-order valence-electron chi connectivity index (χ3n) is 4.48. The van der Waals surface area contributed by atoms with Gasteiger partial charge in [-0.3, -0.25) is 4.98 Å². The van der Waals surface area contributed by atoms with Gasteiger partial charge in [-0.2, -0.15) is 5.10 Å². The number of nitrogens with one attached hydrogen (secondary N) is 1. The highest BCUT2D eigenvalue weighted by atomic mass is 15.3. The van der Waals surface area contributed by atoms with Crippen LogP contribution in [0.2, 0.25) is 0 Å². The predicted octanol–water partition coefficient (Wildman–Crippen LogP) is 3.34. The molecule has 0 radical (unpaired) electrons. The van der Waals surface area contributed by atoms with Gasteiger partial charge in [0.2, 0.25) is 0 Å². The van der Waals surface area contributed by atoms with Gasteiger partial charge in [-0.15, -0.1) is 0 Å². The van der Waals surface area contributed by atoms with Gasteiger partial charge in [-0.1, -0.05) is 12.1 Å². The van der Waals surface area contributed by atoms with Crippen LogP contribution in [-0.4, -0.2) is 35.8 Å². The lowest BCUT2D eigenvalue weighted by Crippen LogP contribution is -2.27. The molecule has 4 rings (SSSR count). The number of hydrogen-bond acceptors (Lipinski definition) is 6. The van der Waals surface area contributed by atoms with E-state index in [0.29, 0.717) is 5.82 Å². The Bertz CT molecular complexity index is 999. The summed E-state index contributed by atoms with van der Waals surface area (Å²) in [6.07, 6.45) is 6.76. The molecule has 0 saturated heterocycles. The topological polar surface area (TPSA) is 81.4 Å². The molecular formula is C19H19N7. The van der Waals surface area contributed by atoms with Crippen molar-refractivity contribution >= 4 is 16.7 Å². The van der Waals surface area contributed by atoms with Crippen LogP contribution >= 0.6 is 0 Å². The van der Waals surface area contributed by atoms with Crippen LogP contribution in [0, 0.1) is 0 Å². The third kappa shape index (κ3) is 3.11.